The summed E-state index contributed by atoms with van der Waals surface area (Å²) in [6, 6.07) is 5.94. The van der Waals surface area contributed by atoms with Gasteiger partial charge in [-0.05, 0) is 38.8 Å². The number of carbonyl (C=O) groups is 1. The van der Waals surface area contributed by atoms with Gasteiger partial charge in [-0.25, -0.2) is 14.8 Å². The molecule has 1 amide bonds. The predicted octanol–water partition coefficient (Wildman–Crippen LogP) is 3.46. The zero-order valence-electron chi connectivity index (χ0n) is 17.2. The standard InChI is InChI=1S/C21H26N6O2/c1-14-12-26(20(28)29-21(2,3)4)13-16(14)25-18-11-22-9-15(24-18)17-10-23-19-7-5-6-8-27(17)19/h5-11,14,16H,12-13H2,1-4H3,(H,24,25)/t14-,16+/m1/s1. The highest BCUT2D eigenvalue weighted by atomic mass is 16.6. The van der Waals surface area contributed by atoms with Crippen molar-refractivity contribution in [2.24, 2.45) is 5.92 Å². The van der Waals surface area contributed by atoms with E-state index in [1.54, 1.807) is 23.5 Å². The third kappa shape index (κ3) is 4.16. The minimum absolute atomic E-state index is 0.0780. The molecule has 8 nitrogen and oxygen atoms in total. The summed E-state index contributed by atoms with van der Waals surface area (Å²) in [6.07, 6.45) is 6.91. The van der Waals surface area contributed by atoms with Crippen LogP contribution in [0.3, 0.4) is 0 Å². The van der Waals surface area contributed by atoms with E-state index in [-0.39, 0.29) is 18.1 Å². The molecule has 4 rings (SSSR count). The van der Waals surface area contributed by atoms with Crippen LogP contribution in [0.4, 0.5) is 10.6 Å². The molecule has 0 radical (unpaired) electrons. The number of rotatable bonds is 3. The van der Waals surface area contributed by atoms with E-state index in [0.29, 0.717) is 18.9 Å². The van der Waals surface area contributed by atoms with Gasteiger partial charge in [-0.1, -0.05) is 13.0 Å². The molecule has 0 saturated carbocycles. The van der Waals surface area contributed by atoms with Gasteiger partial charge in [0.25, 0.3) is 0 Å². The van der Waals surface area contributed by atoms with Crippen LogP contribution >= 0.6 is 0 Å². The van der Waals surface area contributed by atoms with Gasteiger partial charge in [-0.2, -0.15) is 0 Å². The smallest absolute Gasteiger partial charge is 0.410 e. The van der Waals surface area contributed by atoms with Gasteiger partial charge in [0.1, 0.15) is 22.8 Å². The first-order chi connectivity index (χ1) is 13.8. The highest BCUT2D eigenvalue weighted by Gasteiger charge is 2.35. The molecule has 3 aromatic rings. The Morgan fingerprint density at radius 1 is 1.21 bits per heavy atom. The maximum Gasteiger partial charge on any atom is 0.410 e. The summed E-state index contributed by atoms with van der Waals surface area (Å²) in [5.74, 6) is 0.944. The summed E-state index contributed by atoms with van der Waals surface area (Å²) in [7, 11) is 0. The van der Waals surface area contributed by atoms with Gasteiger partial charge < -0.3 is 15.0 Å². The van der Waals surface area contributed by atoms with Crippen molar-refractivity contribution in [3.63, 3.8) is 0 Å². The lowest BCUT2D eigenvalue weighted by molar-refractivity contribution is 0.0288. The van der Waals surface area contributed by atoms with Crippen molar-refractivity contribution in [2.45, 2.75) is 39.3 Å². The Bertz CT molecular complexity index is 1030. The van der Waals surface area contributed by atoms with Crippen molar-refractivity contribution in [3.8, 4) is 11.4 Å². The Labute approximate surface area is 169 Å². The Morgan fingerprint density at radius 3 is 2.83 bits per heavy atom. The van der Waals surface area contributed by atoms with Crippen molar-refractivity contribution in [1.29, 1.82) is 0 Å². The highest BCUT2D eigenvalue weighted by Crippen LogP contribution is 2.24. The van der Waals surface area contributed by atoms with Crippen molar-refractivity contribution in [3.05, 3.63) is 43.0 Å². The van der Waals surface area contributed by atoms with E-state index in [9.17, 15) is 4.79 Å². The lowest BCUT2D eigenvalue weighted by Gasteiger charge is -2.24. The second-order valence-corrected chi connectivity index (χ2v) is 8.48. The quantitative estimate of drug-likeness (QED) is 0.732. The van der Waals surface area contributed by atoms with Crippen molar-refractivity contribution >= 4 is 17.6 Å². The summed E-state index contributed by atoms with van der Waals surface area (Å²) in [5, 5.41) is 3.44. The Balaban J connectivity index is 1.49. The Hall–Kier alpha value is -3.16. The number of nitrogens with zero attached hydrogens (tertiary/aromatic N) is 5. The number of pyridine rings is 1. The fraction of sp³-hybridized carbons (Fsp3) is 0.429. The van der Waals surface area contributed by atoms with Crippen molar-refractivity contribution < 1.29 is 9.53 Å². The van der Waals surface area contributed by atoms with Gasteiger partial charge in [-0.3, -0.25) is 9.38 Å². The van der Waals surface area contributed by atoms with E-state index in [0.717, 1.165) is 17.0 Å². The van der Waals surface area contributed by atoms with Gasteiger partial charge in [0.2, 0.25) is 0 Å². The zero-order valence-corrected chi connectivity index (χ0v) is 17.2. The van der Waals surface area contributed by atoms with Crippen LogP contribution in [-0.2, 0) is 4.74 Å². The molecule has 3 aromatic heterocycles. The maximum absolute atomic E-state index is 12.4. The molecular weight excluding hydrogens is 368 g/mol. The molecule has 0 bridgehead atoms. The number of likely N-dealkylation sites (tertiary alicyclic amines) is 1. The summed E-state index contributed by atoms with van der Waals surface area (Å²) in [4.78, 5) is 27.6. The molecule has 0 aliphatic carbocycles. The first kappa shape index (κ1) is 19.2. The fourth-order valence-corrected chi connectivity index (χ4v) is 3.50. The molecule has 0 unspecified atom stereocenters. The number of ether oxygens (including phenoxy) is 1. The van der Waals surface area contributed by atoms with Crippen LogP contribution in [0.2, 0.25) is 0 Å². The van der Waals surface area contributed by atoms with Crippen molar-refractivity contribution in [2.75, 3.05) is 18.4 Å². The molecule has 1 saturated heterocycles. The molecular formula is C21H26N6O2. The normalized spacial score (nSPS) is 19.5. The zero-order chi connectivity index (χ0) is 20.6. The van der Waals surface area contributed by atoms with Crippen LogP contribution in [0.15, 0.2) is 43.0 Å². The number of nitrogens with one attached hydrogen (secondary N) is 1. The maximum atomic E-state index is 12.4. The van der Waals surface area contributed by atoms with Crippen LogP contribution in [-0.4, -0.2) is 55.1 Å². The molecule has 0 aromatic carbocycles. The lowest BCUT2D eigenvalue weighted by Crippen LogP contribution is -2.36. The number of amides is 1. The topological polar surface area (TPSA) is 84.6 Å². The second-order valence-electron chi connectivity index (χ2n) is 8.48. The summed E-state index contributed by atoms with van der Waals surface area (Å²) >= 11 is 0. The van der Waals surface area contributed by atoms with Crippen LogP contribution in [0.25, 0.3) is 17.0 Å². The first-order valence-corrected chi connectivity index (χ1v) is 9.79. The summed E-state index contributed by atoms with van der Waals surface area (Å²) in [5.41, 5.74) is 1.98. The predicted molar refractivity (Wildman–Crippen MR) is 111 cm³/mol. The number of hydrogen-bond donors (Lipinski definition) is 1. The van der Waals surface area contributed by atoms with E-state index in [4.69, 9.17) is 9.72 Å². The average Bonchev–Trinajstić information content (AvgIpc) is 3.25. The minimum atomic E-state index is -0.500. The number of imidazole rings is 1. The van der Waals surface area contributed by atoms with E-state index in [1.807, 2.05) is 49.6 Å². The molecule has 8 heteroatoms. The molecule has 4 heterocycles. The van der Waals surface area contributed by atoms with Gasteiger partial charge in [-0.15, -0.1) is 0 Å². The van der Waals surface area contributed by atoms with E-state index in [1.165, 1.54) is 0 Å². The van der Waals surface area contributed by atoms with E-state index in [2.05, 4.69) is 22.2 Å². The summed E-state index contributed by atoms with van der Waals surface area (Å²) in [6.45, 7) is 8.96. The third-order valence-corrected chi connectivity index (χ3v) is 4.91. The van der Waals surface area contributed by atoms with Crippen molar-refractivity contribution in [1.82, 2.24) is 24.3 Å². The Kier molecular flexibility index (Phi) is 4.86. The monoisotopic (exact) mass is 394 g/mol. The van der Waals surface area contributed by atoms with Crippen LogP contribution in [0, 0.1) is 5.92 Å². The number of aromatic nitrogens is 4. The number of carbonyl (C=O) groups excluding carboxylic acids is 1. The molecule has 1 N–H and O–H groups in total. The van der Waals surface area contributed by atoms with Crippen LogP contribution < -0.4 is 5.32 Å². The largest absolute Gasteiger partial charge is 0.444 e. The van der Waals surface area contributed by atoms with Gasteiger partial charge in [0, 0.05) is 25.3 Å². The molecule has 1 fully saturated rings. The van der Waals surface area contributed by atoms with Gasteiger partial charge in [0.15, 0.2) is 0 Å². The van der Waals surface area contributed by atoms with Gasteiger partial charge >= 0.3 is 6.09 Å². The highest BCUT2D eigenvalue weighted by molar-refractivity contribution is 5.69. The molecule has 0 spiro atoms. The van der Waals surface area contributed by atoms with Crippen LogP contribution in [0.5, 0.6) is 0 Å². The summed E-state index contributed by atoms with van der Waals surface area (Å²) < 4.78 is 7.48. The molecule has 152 valence electrons. The van der Waals surface area contributed by atoms with E-state index >= 15 is 0 Å². The number of anilines is 1. The SMILES string of the molecule is C[C@@H]1CN(C(=O)OC(C)(C)C)C[C@@H]1Nc1cncc(-c2cnc3ccccn23)n1. The third-order valence-electron chi connectivity index (χ3n) is 4.91. The molecule has 1 aliphatic heterocycles. The Morgan fingerprint density at radius 2 is 2.03 bits per heavy atom. The molecule has 29 heavy (non-hydrogen) atoms. The lowest BCUT2D eigenvalue weighted by atomic mass is 10.1. The minimum Gasteiger partial charge on any atom is -0.444 e. The molecule has 2 atom stereocenters. The number of fused-ring (bicyclic) bond motifs is 1. The molecule has 1 aliphatic rings. The van der Waals surface area contributed by atoms with Gasteiger partial charge in [0.05, 0.1) is 24.3 Å². The number of hydrogen-bond acceptors (Lipinski definition) is 6. The average molecular weight is 394 g/mol. The first-order valence-electron chi connectivity index (χ1n) is 9.79. The fourth-order valence-electron chi connectivity index (χ4n) is 3.50. The van der Waals surface area contributed by atoms with Crippen LogP contribution in [0.1, 0.15) is 27.7 Å². The second kappa shape index (κ2) is 7.35. The van der Waals surface area contributed by atoms with E-state index < -0.39 is 5.60 Å².